The summed E-state index contributed by atoms with van der Waals surface area (Å²) in [6, 6.07) is 14.1. The molecule has 2 aromatic heterocycles. The van der Waals surface area contributed by atoms with Crippen molar-refractivity contribution < 1.29 is 88.4 Å². The van der Waals surface area contributed by atoms with Crippen LogP contribution in [-0.4, -0.2) is 83.0 Å². The van der Waals surface area contributed by atoms with Crippen molar-refractivity contribution in [2.45, 2.75) is 28.3 Å². The number of rotatable bonds is 14. The van der Waals surface area contributed by atoms with E-state index in [1.165, 1.54) is 0 Å². The van der Waals surface area contributed by atoms with Crippen LogP contribution < -0.4 is 30.4 Å². The van der Waals surface area contributed by atoms with Crippen LogP contribution in [0.2, 0.25) is 0 Å². The molecule has 0 saturated heterocycles. The normalized spacial score (nSPS) is 12.0. The number of carbonyl (C=O) groups excluding carboxylic acids is 2. The predicted molar refractivity (Wildman–Crippen MR) is 227 cm³/mol. The fraction of sp³-hybridized carbons (Fsp3) is 0. The molecule has 37 heteroatoms. The Bertz CT molecular complexity index is 3250. The molecule has 4 aromatic carbocycles. The van der Waals surface area contributed by atoms with Crippen molar-refractivity contribution in [1.29, 1.82) is 0 Å². The number of anilines is 2. The van der Waals surface area contributed by atoms with Crippen LogP contribution in [0.3, 0.4) is 0 Å². The first kappa shape index (κ1) is 53.9. The molecule has 0 unspecified atom stereocenters. The average Bonchev–Trinajstić information content (AvgIpc) is 3.88. The van der Waals surface area contributed by atoms with E-state index in [4.69, 9.17) is 10.3 Å². The van der Waals surface area contributed by atoms with Gasteiger partial charge in [0.05, 0.1) is 19.6 Å². The number of benzene rings is 4. The molecule has 67 heavy (non-hydrogen) atoms. The minimum atomic E-state index is -4.32. The number of sulfonamides is 6. The van der Waals surface area contributed by atoms with Crippen LogP contribution in [0.25, 0.3) is 9.44 Å². The van der Waals surface area contributed by atoms with Gasteiger partial charge in [-0.15, -0.1) is 22.7 Å². The smallest absolute Gasteiger partial charge is 0.342 e. The number of urea groups is 2. The first-order valence-electron chi connectivity index (χ1n) is 16.6. The molecule has 26 nitrogen and oxygen atoms in total. The van der Waals surface area contributed by atoms with E-state index in [2.05, 4.69) is 40.5 Å². The predicted octanol–water partition coefficient (Wildman–Crippen LogP) is 2.46. The summed E-state index contributed by atoms with van der Waals surface area (Å²) in [5.41, 5.74) is 0.0707. The number of amides is 4. The number of hydrogen-bond donors (Lipinski definition) is 6. The SMILES string of the molecule is NS(=O)(=O)c1nnc([N-]S(=O)(=O)c2ccc(NC(=O)NS(=O)(=O)c3ccc(F)cc3)cc2)s1.NS(=O)(=O)c1nnc([N-]S(=O)(=O)c2ccc(NC(=O)NS(=O)(=O)c3ccc(F)cc3)cc2)s1.[Zn+2]. The quantitative estimate of drug-likeness (QED) is 0.0853. The van der Waals surface area contributed by atoms with Gasteiger partial charge in [-0.3, -0.25) is 0 Å². The Morgan fingerprint density at radius 2 is 0.746 bits per heavy atom. The summed E-state index contributed by atoms with van der Waals surface area (Å²) in [4.78, 5) is 22.6. The van der Waals surface area contributed by atoms with Gasteiger partial charge in [-0.05, 0) is 97.1 Å². The van der Waals surface area contributed by atoms with Crippen LogP contribution in [-0.2, 0) is 79.6 Å². The molecule has 8 N–H and O–H groups in total. The Balaban J connectivity index is 0.000000288. The van der Waals surface area contributed by atoms with Crippen molar-refractivity contribution in [2.75, 3.05) is 10.6 Å². The summed E-state index contributed by atoms with van der Waals surface area (Å²) in [5.74, 6) is -1.31. The van der Waals surface area contributed by atoms with Crippen molar-refractivity contribution in [3.05, 3.63) is 118 Å². The van der Waals surface area contributed by atoms with Gasteiger partial charge in [0.25, 0.3) is 40.1 Å². The largest absolute Gasteiger partial charge is 2.00 e. The van der Waals surface area contributed by atoms with Gasteiger partial charge in [-0.25, -0.2) is 98.8 Å². The molecule has 6 rings (SSSR count). The molecule has 2 heterocycles. The third-order valence-electron chi connectivity index (χ3n) is 7.20. The molecule has 0 saturated carbocycles. The number of nitrogens with two attached hydrogens (primary N) is 2. The molecule has 0 radical (unpaired) electrons. The van der Waals surface area contributed by atoms with E-state index in [1.807, 2.05) is 0 Å². The zero-order valence-electron chi connectivity index (χ0n) is 32.5. The molecule has 0 bridgehead atoms. The zero-order valence-corrected chi connectivity index (χ0v) is 42.0. The van der Waals surface area contributed by atoms with Crippen LogP contribution in [0.15, 0.2) is 125 Å². The molecule has 0 fully saturated rings. The molecule has 0 aliphatic carbocycles. The molecule has 6 aromatic rings. The summed E-state index contributed by atoms with van der Waals surface area (Å²) in [7, 11) is -25.5. The third-order valence-corrected chi connectivity index (χ3v) is 16.9. The van der Waals surface area contributed by atoms with E-state index in [9.17, 15) is 68.9 Å². The fourth-order valence-electron chi connectivity index (χ4n) is 4.34. The Morgan fingerprint density at radius 1 is 0.463 bits per heavy atom. The molecule has 0 aliphatic rings. The summed E-state index contributed by atoms with van der Waals surface area (Å²) in [6.07, 6.45) is 0. The topological polar surface area (TPSA) is 419 Å². The summed E-state index contributed by atoms with van der Waals surface area (Å²) in [6.45, 7) is 0. The first-order valence-corrected chi connectivity index (χ1v) is 27.2. The summed E-state index contributed by atoms with van der Waals surface area (Å²) in [5, 5.41) is 26.4. The fourth-order valence-corrected chi connectivity index (χ4v) is 11.0. The Kier molecular flexibility index (Phi) is 16.9. The number of nitrogens with zero attached hydrogens (tertiary/aromatic N) is 6. The number of carbonyl (C=O) groups is 2. The molecular weight excluding hydrogens is 1110 g/mol. The van der Waals surface area contributed by atoms with E-state index >= 15 is 0 Å². The van der Waals surface area contributed by atoms with Crippen LogP contribution in [0.4, 0.5) is 40.0 Å². The van der Waals surface area contributed by atoms with E-state index in [1.54, 1.807) is 9.44 Å². The van der Waals surface area contributed by atoms with Crippen LogP contribution in [0.5, 0.6) is 0 Å². The Morgan fingerprint density at radius 3 is 1.01 bits per heavy atom. The number of aromatic nitrogens is 4. The average molecular weight is 1140 g/mol. The first-order chi connectivity index (χ1) is 30.5. The Hall–Kier alpha value is -5.76. The maximum atomic E-state index is 12.9. The number of hydrogen-bond acceptors (Lipinski definition) is 20. The van der Waals surface area contributed by atoms with Gasteiger partial charge >= 0.3 is 31.5 Å². The third kappa shape index (κ3) is 15.1. The number of primary sulfonamides is 2. The van der Waals surface area contributed by atoms with Gasteiger partial charge in [0, 0.05) is 21.6 Å². The number of nitrogens with one attached hydrogen (secondary N) is 4. The second-order valence-electron chi connectivity index (χ2n) is 12.0. The van der Waals surface area contributed by atoms with Gasteiger partial charge in [0.15, 0.2) is 0 Å². The standard InChI is InChI=1S/2C15H13FN6O7S4.Zn/c2*16-9-1-5-11(6-2-9)32(26,27)21-13(23)18-10-3-7-12(8-4-10)33(28,29)22-14-19-20-15(30-14)31(17,24)25;/h2*1-8H,(H5,17,18,19,21,22,23,24,25);/q;;+2/p-2. The van der Waals surface area contributed by atoms with Crippen LogP contribution in [0.1, 0.15) is 0 Å². The second kappa shape index (κ2) is 21.0. The maximum absolute atomic E-state index is 12.9. The van der Waals surface area contributed by atoms with E-state index in [0.29, 0.717) is 22.7 Å². The van der Waals surface area contributed by atoms with Crippen molar-refractivity contribution in [1.82, 2.24) is 29.8 Å². The second-order valence-corrected chi connectivity index (χ2v) is 24.0. The van der Waals surface area contributed by atoms with Gasteiger partial charge in [-0.1, -0.05) is 0 Å². The van der Waals surface area contributed by atoms with Crippen LogP contribution in [0, 0.1) is 11.6 Å². The van der Waals surface area contributed by atoms with Crippen LogP contribution >= 0.6 is 22.7 Å². The summed E-state index contributed by atoms with van der Waals surface area (Å²) < 4.78 is 177. The van der Waals surface area contributed by atoms with Crippen molar-refractivity contribution >= 4 is 117 Å². The van der Waals surface area contributed by atoms with Gasteiger partial charge in [-0.2, -0.15) is 0 Å². The Labute approximate surface area is 399 Å². The molecule has 0 spiro atoms. The van der Waals surface area contributed by atoms with Gasteiger partial charge in [0.2, 0.25) is 28.7 Å². The minimum absolute atomic E-state index is 0. The van der Waals surface area contributed by atoms with E-state index in [-0.39, 0.29) is 50.4 Å². The molecule has 0 aliphatic heterocycles. The van der Waals surface area contributed by atoms with Crippen molar-refractivity contribution in [3.63, 3.8) is 0 Å². The van der Waals surface area contributed by atoms with Gasteiger partial charge < -0.3 is 30.3 Å². The molecular formula is C30H24F2N12O14S8Zn. The molecule has 352 valence electrons. The zero-order chi connectivity index (χ0) is 48.9. The maximum Gasteiger partial charge on any atom is 2.00 e. The van der Waals surface area contributed by atoms with Gasteiger partial charge in [0.1, 0.15) is 11.6 Å². The van der Waals surface area contributed by atoms with E-state index in [0.717, 1.165) is 97.1 Å². The molecule has 0 atom stereocenters. The van der Waals surface area contributed by atoms with Crippen molar-refractivity contribution in [2.24, 2.45) is 10.3 Å². The minimum Gasteiger partial charge on any atom is -0.342 e. The van der Waals surface area contributed by atoms with E-state index < -0.39 is 103 Å². The summed E-state index contributed by atoms with van der Waals surface area (Å²) >= 11 is 0.706. The molecule has 4 amide bonds. The monoisotopic (exact) mass is 1130 g/mol. The number of halogens is 2. The van der Waals surface area contributed by atoms with Crippen molar-refractivity contribution in [3.8, 4) is 0 Å².